The second kappa shape index (κ2) is 20.9. The average molecular weight is 628 g/mol. The molecule has 1 saturated heterocycles. The highest BCUT2D eigenvalue weighted by atomic mass is 16.5. The third-order valence-electron chi connectivity index (χ3n) is 8.68. The summed E-state index contributed by atoms with van der Waals surface area (Å²) < 4.78 is 5.86. The van der Waals surface area contributed by atoms with Crippen LogP contribution in [0, 0.1) is 5.92 Å². The fraction of sp³-hybridized carbons (Fsp3) is 0.462. The number of benzene rings is 3. The maximum absolute atomic E-state index is 12.6. The molecule has 46 heavy (non-hydrogen) atoms. The van der Waals surface area contributed by atoms with E-state index < -0.39 is 0 Å². The molecule has 1 aliphatic heterocycles. The van der Waals surface area contributed by atoms with Gasteiger partial charge in [0.1, 0.15) is 19.1 Å². The van der Waals surface area contributed by atoms with Crippen molar-refractivity contribution in [1.29, 1.82) is 0 Å². The van der Waals surface area contributed by atoms with Crippen LogP contribution in [0.5, 0.6) is 5.75 Å². The first-order valence-corrected chi connectivity index (χ1v) is 16.9. The number of aryl methyl sites for hydroxylation is 1. The molecule has 2 fully saturated rings. The quantitative estimate of drug-likeness (QED) is 0.247. The number of piperidine rings is 1. The van der Waals surface area contributed by atoms with Crippen molar-refractivity contribution in [2.24, 2.45) is 11.7 Å². The molecule has 2 amide bonds. The molecule has 1 atom stereocenters. The molecule has 3 aromatic rings. The summed E-state index contributed by atoms with van der Waals surface area (Å²) in [4.78, 5) is 35.2. The lowest BCUT2D eigenvalue weighted by Gasteiger charge is -2.32. The van der Waals surface area contributed by atoms with E-state index in [1.807, 2.05) is 67.1 Å². The number of carbonyl (C=O) groups is 3. The lowest BCUT2D eigenvalue weighted by atomic mass is 9.92. The number of carbonyl (C=O) groups excluding carboxylic acids is 3. The van der Waals surface area contributed by atoms with Crippen LogP contribution in [0.25, 0.3) is 0 Å². The van der Waals surface area contributed by atoms with E-state index in [2.05, 4.69) is 41.7 Å². The molecule has 0 aromatic heterocycles. The van der Waals surface area contributed by atoms with Crippen LogP contribution < -0.4 is 15.8 Å². The van der Waals surface area contributed by atoms with E-state index >= 15 is 0 Å². The van der Waals surface area contributed by atoms with Gasteiger partial charge in [-0.3, -0.25) is 9.59 Å². The van der Waals surface area contributed by atoms with Crippen LogP contribution in [0.2, 0.25) is 0 Å². The minimum absolute atomic E-state index is 0.0586. The van der Waals surface area contributed by atoms with Gasteiger partial charge >= 0.3 is 0 Å². The molecular formula is C39H53N3O4. The molecule has 2 aliphatic rings. The first-order valence-electron chi connectivity index (χ1n) is 16.9. The van der Waals surface area contributed by atoms with Crippen molar-refractivity contribution in [3.63, 3.8) is 0 Å². The summed E-state index contributed by atoms with van der Waals surface area (Å²) in [5.41, 5.74) is 9.14. The van der Waals surface area contributed by atoms with Crippen molar-refractivity contribution in [1.82, 2.24) is 10.2 Å². The normalized spacial score (nSPS) is 15.7. The Bertz CT molecular complexity index is 1260. The van der Waals surface area contributed by atoms with Crippen LogP contribution in [0.4, 0.5) is 0 Å². The number of hydrogen-bond donors (Lipinski definition) is 2. The van der Waals surface area contributed by atoms with Crippen molar-refractivity contribution in [2.75, 3.05) is 13.1 Å². The Morgan fingerprint density at radius 2 is 1.41 bits per heavy atom. The van der Waals surface area contributed by atoms with Crippen molar-refractivity contribution in [3.05, 3.63) is 102 Å². The minimum atomic E-state index is 0.0586. The van der Waals surface area contributed by atoms with Crippen LogP contribution in [-0.2, 0) is 33.8 Å². The van der Waals surface area contributed by atoms with Gasteiger partial charge in [-0.05, 0) is 80.2 Å². The molecule has 7 nitrogen and oxygen atoms in total. The van der Waals surface area contributed by atoms with Crippen molar-refractivity contribution >= 4 is 18.6 Å². The molecule has 3 N–H and O–H groups in total. The Hall–Kier alpha value is -3.97. The second-order valence-corrected chi connectivity index (χ2v) is 12.5. The van der Waals surface area contributed by atoms with Gasteiger partial charge in [0.05, 0.1) is 0 Å². The largest absolute Gasteiger partial charge is 0.489 e. The lowest BCUT2D eigenvalue weighted by Crippen LogP contribution is -2.41. The summed E-state index contributed by atoms with van der Waals surface area (Å²) in [6, 6.07) is 29.0. The van der Waals surface area contributed by atoms with Gasteiger partial charge in [-0.1, -0.05) is 92.1 Å². The number of hydrogen-bond acceptors (Lipinski definition) is 5. The maximum Gasteiger partial charge on any atom is 0.222 e. The molecule has 1 aliphatic carbocycles. The lowest BCUT2D eigenvalue weighted by molar-refractivity contribution is -0.132. The van der Waals surface area contributed by atoms with E-state index in [0.717, 1.165) is 50.1 Å². The molecule has 1 unspecified atom stereocenters. The smallest absolute Gasteiger partial charge is 0.222 e. The van der Waals surface area contributed by atoms with Crippen molar-refractivity contribution < 1.29 is 19.1 Å². The van der Waals surface area contributed by atoms with Crippen LogP contribution in [-0.4, -0.2) is 48.7 Å². The second-order valence-electron chi connectivity index (χ2n) is 12.5. The number of nitrogens with zero attached hydrogens (tertiary/aromatic N) is 1. The monoisotopic (exact) mass is 627 g/mol. The number of rotatable bonds is 11. The fourth-order valence-corrected chi connectivity index (χ4v) is 6.04. The highest BCUT2D eigenvalue weighted by Gasteiger charge is 2.24. The highest BCUT2D eigenvalue weighted by molar-refractivity contribution is 5.77. The maximum atomic E-state index is 12.6. The van der Waals surface area contributed by atoms with Crippen LogP contribution in [0.1, 0.15) is 81.4 Å². The molecule has 1 heterocycles. The number of nitrogens with two attached hydrogens (primary N) is 1. The molecule has 0 radical (unpaired) electrons. The summed E-state index contributed by atoms with van der Waals surface area (Å²) in [6.45, 7) is 6.10. The van der Waals surface area contributed by atoms with E-state index in [1.54, 1.807) is 0 Å². The van der Waals surface area contributed by atoms with Crippen LogP contribution in [0.15, 0.2) is 84.9 Å². The highest BCUT2D eigenvalue weighted by Crippen LogP contribution is 2.22. The molecule has 3 aromatic carbocycles. The van der Waals surface area contributed by atoms with Gasteiger partial charge < -0.3 is 25.5 Å². The SMILES string of the molecule is C=O.CC(Cc1ccc(OCc2ccccc2)cc1)NC(=O)CC1CCN(C(=O)CCc2ccccc2)CC1.NC1CCCCC1. The van der Waals surface area contributed by atoms with Crippen LogP contribution >= 0.6 is 0 Å². The minimum Gasteiger partial charge on any atom is -0.489 e. The predicted molar refractivity (Wildman–Crippen MR) is 185 cm³/mol. The summed E-state index contributed by atoms with van der Waals surface area (Å²) >= 11 is 0. The number of likely N-dealkylation sites (tertiary alicyclic amines) is 1. The molecule has 7 heteroatoms. The molecule has 1 saturated carbocycles. The standard InChI is InChI=1S/C32H38N2O3.C6H13N.CH2O/c1-25(22-27-12-15-30(16-13-27)37-24-29-10-6-3-7-11-29)33-31(35)23-28-18-20-34(21-19-28)32(36)17-14-26-8-4-2-5-9-26;7-6-4-2-1-3-5-6;1-2/h2-13,15-16,25,28H,14,17-24H2,1H3,(H,33,35);6H,1-5,7H2;1H2. The third kappa shape index (κ3) is 14.0. The van der Waals surface area contributed by atoms with E-state index in [1.165, 1.54) is 43.2 Å². The number of ether oxygens (including phenoxy) is 1. The molecule has 5 rings (SSSR count). The zero-order chi connectivity index (χ0) is 33.0. The topological polar surface area (TPSA) is 102 Å². The Balaban J connectivity index is 0.000000558. The Kier molecular flexibility index (Phi) is 16.6. The summed E-state index contributed by atoms with van der Waals surface area (Å²) in [7, 11) is 0. The zero-order valence-corrected chi connectivity index (χ0v) is 27.6. The summed E-state index contributed by atoms with van der Waals surface area (Å²) in [5, 5.41) is 3.16. The van der Waals surface area contributed by atoms with Crippen molar-refractivity contribution in [2.45, 2.75) is 96.2 Å². The van der Waals surface area contributed by atoms with Gasteiger partial charge in [-0.25, -0.2) is 0 Å². The fourth-order valence-electron chi connectivity index (χ4n) is 6.04. The number of nitrogens with one attached hydrogen (secondary N) is 1. The van der Waals surface area contributed by atoms with Gasteiger partial charge in [-0.15, -0.1) is 0 Å². The molecule has 0 spiro atoms. The van der Waals surface area contributed by atoms with Gasteiger partial charge in [0.2, 0.25) is 11.8 Å². The average Bonchev–Trinajstić information content (AvgIpc) is 3.09. The summed E-state index contributed by atoms with van der Waals surface area (Å²) in [6.07, 6.45) is 11.1. The zero-order valence-electron chi connectivity index (χ0n) is 27.6. The molecule has 0 bridgehead atoms. The Labute approximate surface area is 275 Å². The number of amides is 2. The van der Waals surface area contributed by atoms with E-state index in [4.69, 9.17) is 15.3 Å². The van der Waals surface area contributed by atoms with E-state index in [9.17, 15) is 9.59 Å². The van der Waals surface area contributed by atoms with E-state index in [-0.39, 0.29) is 17.9 Å². The Morgan fingerprint density at radius 3 is 1.98 bits per heavy atom. The van der Waals surface area contributed by atoms with Crippen molar-refractivity contribution in [3.8, 4) is 5.75 Å². The predicted octanol–water partition coefficient (Wildman–Crippen LogP) is 6.67. The molecule has 248 valence electrons. The Morgan fingerprint density at radius 1 is 0.826 bits per heavy atom. The van der Waals surface area contributed by atoms with Gasteiger partial charge in [0.15, 0.2) is 0 Å². The summed E-state index contributed by atoms with van der Waals surface area (Å²) in [5.74, 6) is 1.50. The van der Waals surface area contributed by atoms with Gasteiger partial charge in [0, 0.05) is 38.0 Å². The van der Waals surface area contributed by atoms with Gasteiger partial charge in [0.25, 0.3) is 0 Å². The van der Waals surface area contributed by atoms with Gasteiger partial charge in [-0.2, -0.15) is 0 Å². The first-order chi connectivity index (χ1) is 22.4. The first kappa shape index (κ1) is 36.5. The molecular weight excluding hydrogens is 574 g/mol. The third-order valence-corrected chi connectivity index (χ3v) is 8.68. The van der Waals surface area contributed by atoms with E-state index in [0.29, 0.717) is 31.4 Å². The van der Waals surface area contributed by atoms with Crippen LogP contribution in [0.3, 0.4) is 0 Å².